The molecule has 0 saturated heterocycles. The highest BCUT2D eigenvalue weighted by Gasteiger charge is 2.44. The molecule has 0 spiro atoms. The third-order valence-electron chi connectivity index (χ3n) is 5.20. The largest absolute Gasteiger partial charge is 0.357 e. The van der Waals surface area contributed by atoms with Crippen LogP contribution in [0.3, 0.4) is 0 Å². The van der Waals surface area contributed by atoms with Crippen LogP contribution in [0.4, 0.5) is 0 Å². The SMILES string of the molecule is CCNC(=NCC1(c2cccc(Cl)c2)CC1)NCCc1nnc2ccccn12. The predicted molar refractivity (Wildman–Crippen MR) is 113 cm³/mol. The van der Waals surface area contributed by atoms with Crippen molar-refractivity contribution in [3.63, 3.8) is 0 Å². The summed E-state index contributed by atoms with van der Waals surface area (Å²) in [6, 6.07) is 14.1. The van der Waals surface area contributed by atoms with Gasteiger partial charge in [-0.1, -0.05) is 29.8 Å². The first kappa shape index (κ1) is 18.7. The minimum atomic E-state index is 0.135. The Labute approximate surface area is 170 Å². The van der Waals surface area contributed by atoms with E-state index in [0.29, 0.717) is 0 Å². The number of nitrogens with one attached hydrogen (secondary N) is 2. The molecule has 28 heavy (non-hydrogen) atoms. The highest BCUT2D eigenvalue weighted by atomic mass is 35.5. The van der Waals surface area contributed by atoms with Crippen LogP contribution in [0, 0.1) is 0 Å². The molecule has 6 nitrogen and oxygen atoms in total. The lowest BCUT2D eigenvalue weighted by Gasteiger charge is -2.16. The van der Waals surface area contributed by atoms with Crippen LogP contribution in [-0.4, -0.2) is 40.2 Å². The Morgan fingerprint density at radius 3 is 2.86 bits per heavy atom. The van der Waals surface area contributed by atoms with Gasteiger partial charge in [0, 0.05) is 36.1 Å². The van der Waals surface area contributed by atoms with Gasteiger partial charge in [0.05, 0.1) is 6.54 Å². The number of nitrogens with zero attached hydrogens (tertiary/aromatic N) is 4. The average molecular weight is 397 g/mol. The van der Waals surface area contributed by atoms with Gasteiger partial charge in [0.25, 0.3) is 0 Å². The average Bonchev–Trinajstić information content (AvgIpc) is 3.40. The molecule has 4 rings (SSSR count). The molecule has 1 aliphatic carbocycles. The first-order valence-corrected chi connectivity index (χ1v) is 10.1. The Kier molecular flexibility index (Phi) is 5.48. The van der Waals surface area contributed by atoms with E-state index < -0.39 is 0 Å². The second-order valence-electron chi connectivity index (χ2n) is 7.21. The van der Waals surface area contributed by atoms with Crippen molar-refractivity contribution in [2.45, 2.75) is 31.6 Å². The van der Waals surface area contributed by atoms with Crippen molar-refractivity contribution in [1.82, 2.24) is 25.2 Å². The monoisotopic (exact) mass is 396 g/mol. The molecule has 1 aliphatic rings. The third kappa shape index (κ3) is 4.12. The fourth-order valence-electron chi connectivity index (χ4n) is 3.43. The molecule has 2 aromatic heterocycles. The summed E-state index contributed by atoms with van der Waals surface area (Å²) in [6.07, 6.45) is 5.07. The highest BCUT2D eigenvalue weighted by Crippen LogP contribution is 2.48. The molecule has 0 aliphatic heterocycles. The van der Waals surface area contributed by atoms with Crippen LogP contribution in [-0.2, 0) is 11.8 Å². The summed E-state index contributed by atoms with van der Waals surface area (Å²) in [5, 5.41) is 16.0. The minimum Gasteiger partial charge on any atom is -0.357 e. The molecule has 146 valence electrons. The summed E-state index contributed by atoms with van der Waals surface area (Å²) < 4.78 is 2.02. The van der Waals surface area contributed by atoms with E-state index in [1.807, 2.05) is 40.9 Å². The summed E-state index contributed by atoms with van der Waals surface area (Å²) in [7, 11) is 0. The van der Waals surface area contributed by atoms with E-state index in [0.717, 1.165) is 61.4 Å². The van der Waals surface area contributed by atoms with Gasteiger partial charge in [-0.15, -0.1) is 10.2 Å². The van der Waals surface area contributed by atoms with Crippen LogP contribution >= 0.6 is 11.6 Å². The van der Waals surface area contributed by atoms with E-state index in [4.69, 9.17) is 16.6 Å². The molecule has 0 bridgehead atoms. The molecule has 1 saturated carbocycles. The first-order chi connectivity index (χ1) is 13.7. The normalized spacial score (nSPS) is 15.6. The van der Waals surface area contributed by atoms with Crippen LogP contribution < -0.4 is 10.6 Å². The zero-order valence-electron chi connectivity index (χ0n) is 16.0. The summed E-state index contributed by atoms with van der Waals surface area (Å²) in [5.74, 6) is 1.78. The minimum absolute atomic E-state index is 0.135. The maximum atomic E-state index is 6.18. The standard InChI is InChI=1S/C21H25ClN6/c1-2-23-20(24-12-9-19-27-26-18-8-3-4-13-28(18)19)25-15-21(10-11-21)16-6-5-7-17(22)14-16/h3-8,13-14H,2,9-12,15H2,1H3,(H2,23,24,25). The Morgan fingerprint density at radius 2 is 2.07 bits per heavy atom. The summed E-state index contributed by atoms with van der Waals surface area (Å²) in [5.41, 5.74) is 2.29. The van der Waals surface area contributed by atoms with Crippen LogP contribution in [0.5, 0.6) is 0 Å². The number of benzene rings is 1. The quantitative estimate of drug-likeness (QED) is 0.475. The smallest absolute Gasteiger partial charge is 0.191 e. The lowest BCUT2D eigenvalue weighted by Crippen LogP contribution is -2.39. The summed E-state index contributed by atoms with van der Waals surface area (Å²) >= 11 is 6.18. The number of hydrogen-bond donors (Lipinski definition) is 2. The highest BCUT2D eigenvalue weighted by molar-refractivity contribution is 6.30. The van der Waals surface area contributed by atoms with Crippen LogP contribution in [0.2, 0.25) is 5.02 Å². The fraction of sp³-hybridized carbons (Fsp3) is 0.381. The predicted octanol–water partition coefficient (Wildman–Crippen LogP) is 3.21. The van der Waals surface area contributed by atoms with Crippen LogP contribution in [0.1, 0.15) is 31.2 Å². The van der Waals surface area contributed by atoms with E-state index in [9.17, 15) is 0 Å². The molecule has 2 heterocycles. The van der Waals surface area contributed by atoms with Crippen LogP contribution in [0.15, 0.2) is 53.7 Å². The third-order valence-corrected chi connectivity index (χ3v) is 5.44. The number of aliphatic imine (C=N–C) groups is 1. The summed E-state index contributed by atoms with van der Waals surface area (Å²) in [6.45, 7) is 4.40. The van der Waals surface area contributed by atoms with Crippen molar-refractivity contribution in [2.75, 3.05) is 19.6 Å². The van der Waals surface area contributed by atoms with Crippen molar-refractivity contribution in [3.8, 4) is 0 Å². The van der Waals surface area contributed by atoms with Gasteiger partial charge in [-0.2, -0.15) is 0 Å². The molecule has 0 atom stereocenters. The molecule has 1 fully saturated rings. The topological polar surface area (TPSA) is 66.6 Å². The van der Waals surface area contributed by atoms with Crippen molar-refractivity contribution >= 4 is 23.2 Å². The molecule has 0 unspecified atom stereocenters. The molecule has 3 aromatic rings. The number of fused-ring (bicyclic) bond motifs is 1. The molecule has 2 N–H and O–H groups in total. The second kappa shape index (κ2) is 8.19. The number of guanidine groups is 1. The lowest BCUT2D eigenvalue weighted by molar-refractivity contribution is 0.690. The molecule has 1 aromatic carbocycles. The van der Waals surface area contributed by atoms with Gasteiger partial charge in [-0.3, -0.25) is 9.39 Å². The van der Waals surface area contributed by atoms with E-state index in [1.54, 1.807) is 0 Å². The second-order valence-corrected chi connectivity index (χ2v) is 7.64. The Balaban J connectivity index is 1.38. The fourth-order valence-corrected chi connectivity index (χ4v) is 3.62. The van der Waals surface area contributed by atoms with E-state index in [-0.39, 0.29) is 5.41 Å². The van der Waals surface area contributed by atoms with Gasteiger partial charge in [-0.25, -0.2) is 0 Å². The Bertz CT molecular complexity index is 976. The number of halogens is 1. The maximum absolute atomic E-state index is 6.18. The maximum Gasteiger partial charge on any atom is 0.191 e. The molecule has 0 radical (unpaired) electrons. The van der Waals surface area contributed by atoms with Crippen molar-refractivity contribution in [1.29, 1.82) is 0 Å². The van der Waals surface area contributed by atoms with E-state index >= 15 is 0 Å². The van der Waals surface area contributed by atoms with Gasteiger partial charge in [0.1, 0.15) is 5.82 Å². The van der Waals surface area contributed by atoms with Crippen LogP contribution in [0.25, 0.3) is 5.65 Å². The van der Waals surface area contributed by atoms with E-state index in [2.05, 4.69) is 39.9 Å². The number of hydrogen-bond acceptors (Lipinski definition) is 3. The molecular formula is C21H25ClN6. The molecule has 7 heteroatoms. The number of aromatic nitrogens is 3. The molecule has 0 amide bonds. The number of rotatable bonds is 7. The first-order valence-electron chi connectivity index (χ1n) is 9.77. The lowest BCUT2D eigenvalue weighted by atomic mass is 9.96. The van der Waals surface area contributed by atoms with Gasteiger partial charge in [-0.05, 0) is 49.6 Å². The zero-order chi connectivity index (χ0) is 19.4. The van der Waals surface area contributed by atoms with Crippen molar-refractivity contribution < 1.29 is 0 Å². The van der Waals surface area contributed by atoms with Gasteiger partial charge in [0.15, 0.2) is 11.6 Å². The van der Waals surface area contributed by atoms with Gasteiger partial charge >= 0.3 is 0 Å². The zero-order valence-corrected chi connectivity index (χ0v) is 16.8. The van der Waals surface area contributed by atoms with Crippen molar-refractivity contribution in [3.05, 3.63) is 65.1 Å². The van der Waals surface area contributed by atoms with E-state index in [1.165, 1.54) is 5.56 Å². The Morgan fingerprint density at radius 1 is 1.18 bits per heavy atom. The van der Waals surface area contributed by atoms with Gasteiger partial charge in [0.2, 0.25) is 0 Å². The van der Waals surface area contributed by atoms with Crippen molar-refractivity contribution in [2.24, 2.45) is 4.99 Å². The van der Waals surface area contributed by atoms with Gasteiger partial charge < -0.3 is 10.6 Å². The Hall–Kier alpha value is -2.60. The summed E-state index contributed by atoms with van der Waals surface area (Å²) in [4.78, 5) is 4.84. The number of pyridine rings is 1. The molecular weight excluding hydrogens is 372 g/mol.